The molecular weight excluding hydrogens is 270 g/mol. The highest BCUT2D eigenvalue weighted by molar-refractivity contribution is 5.78. The summed E-state index contributed by atoms with van der Waals surface area (Å²) in [5.74, 6) is -0.254. The quantitative estimate of drug-likeness (QED) is 0.777. The third-order valence-electron chi connectivity index (χ3n) is 4.50. The number of hydrazine groups is 1. The maximum absolute atomic E-state index is 12.5. The molecule has 0 radical (unpaired) electrons. The lowest BCUT2D eigenvalue weighted by Gasteiger charge is -2.45. The van der Waals surface area contributed by atoms with Crippen LogP contribution in [0.25, 0.3) is 0 Å². The van der Waals surface area contributed by atoms with Crippen LogP contribution in [0.4, 0.5) is 0 Å². The van der Waals surface area contributed by atoms with E-state index in [0.29, 0.717) is 6.42 Å². The molecule has 1 saturated carbocycles. The summed E-state index contributed by atoms with van der Waals surface area (Å²) >= 11 is 0. The SMILES string of the molecule is CCC(=O)N([C@H]1CCCCC1C(=O)OC)N1CCNCC1. The van der Waals surface area contributed by atoms with Crippen molar-refractivity contribution in [1.82, 2.24) is 15.3 Å². The van der Waals surface area contributed by atoms with E-state index in [1.807, 2.05) is 11.9 Å². The topological polar surface area (TPSA) is 61.9 Å². The molecule has 6 heteroatoms. The van der Waals surface area contributed by atoms with Crippen LogP contribution in [0.3, 0.4) is 0 Å². The van der Waals surface area contributed by atoms with E-state index in [0.717, 1.165) is 51.9 Å². The number of hydrogen-bond donors (Lipinski definition) is 1. The number of piperazine rings is 1. The van der Waals surface area contributed by atoms with E-state index in [2.05, 4.69) is 10.3 Å². The van der Waals surface area contributed by atoms with Gasteiger partial charge in [-0.1, -0.05) is 19.8 Å². The van der Waals surface area contributed by atoms with Crippen molar-refractivity contribution in [2.75, 3.05) is 33.3 Å². The number of carbonyl (C=O) groups is 2. The van der Waals surface area contributed by atoms with Crippen LogP contribution in [0, 0.1) is 5.92 Å². The van der Waals surface area contributed by atoms with Gasteiger partial charge in [-0.05, 0) is 12.8 Å². The number of esters is 1. The summed E-state index contributed by atoms with van der Waals surface area (Å²) in [4.78, 5) is 24.6. The predicted molar refractivity (Wildman–Crippen MR) is 79.3 cm³/mol. The highest BCUT2D eigenvalue weighted by Crippen LogP contribution is 2.31. The predicted octanol–water partition coefficient (Wildman–Crippen LogP) is 0.777. The molecule has 0 spiro atoms. The molecule has 1 aliphatic heterocycles. The molecule has 6 nitrogen and oxygen atoms in total. The smallest absolute Gasteiger partial charge is 0.310 e. The number of nitrogens with one attached hydrogen (secondary N) is 1. The summed E-state index contributed by atoms with van der Waals surface area (Å²) in [5, 5.41) is 7.30. The van der Waals surface area contributed by atoms with Crippen molar-refractivity contribution >= 4 is 11.9 Å². The Labute approximate surface area is 126 Å². The van der Waals surface area contributed by atoms with Crippen LogP contribution in [-0.4, -0.2) is 61.2 Å². The van der Waals surface area contributed by atoms with Gasteiger partial charge in [0, 0.05) is 32.6 Å². The molecule has 1 N–H and O–H groups in total. The molecule has 1 unspecified atom stereocenters. The molecule has 2 atom stereocenters. The first-order chi connectivity index (χ1) is 10.2. The molecule has 120 valence electrons. The Morgan fingerprint density at radius 2 is 1.90 bits per heavy atom. The minimum absolute atomic E-state index is 0.0447. The first-order valence-corrected chi connectivity index (χ1v) is 8.04. The van der Waals surface area contributed by atoms with Gasteiger partial charge in [0.05, 0.1) is 19.1 Å². The monoisotopic (exact) mass is 297 g/mol. The molecule has 1 aliphatic carbocycles. The molecule has 0 aromatic rings. The van der Waals surface area contributed by atoms with E-state index < -0.39 is 0 Å². The standard InChI is InChI=1S/C15H27N3O3/c1-3-14(19)18(17-10-8-16-9-11-17)13-7-5-4-6-12(13)15(20)21-2/h12-13,16H,3-11H2,1-2H3/t12?,13-/m0/s1. The molecular formula is C15H27N3O3. The van der Waals surface area contributed by atoms with E-state index >= 15 is 0 Å². The maximum Gasteiger partial charge on any atom is 0.310 e. The summed E-state index contributed by atoms with van der Waals surface area (Å²) in [5.41, 5.74) is 0. The summed E-state index contributed by atoms with van der Waals surface area (Å²) < 4.78 is 4.96. The zero-order valence-corrected chi connectivity index (χ0v) is 13.1. The minimum atomic E-state index is -0.186. The molecule has 0 aromatic heterocycles. The molecule has 0 bridgehead atoms. The third kappa shape index (κ3) is 3.74. The first-order valence-electron chi connectivity index (χ1n) is 8.04. The van der Waals surface area contributed by atoms with Gasteiger partial charge in [0.1, 0.15) is 0 Å². The van der Waals surface area contributed by atoms with Gasteiger partial charge in [0.15, 0.2) is 0 Å². The van der Waals surface area contributed by atoms with Crippen molar-refractivity contribution in [3.8, 4) is 0 Å². The number of ether oxygens (including phenoxy) is 1. The maximum atomic E-state index is 12.5. The second kappa shape index (κ2) is 7.75. The summed E-state index contributed by atoms with van der Waals surface area (Å²) in [7, 11) is 1.44. The van der Waals surface area contributed by atoms with Crippen molar-refractivity contribution < 1.29 is 14.3 Å². The van der Waals surface area contributed by atoms with Gasteiger partial charge in [-0.2, -0.15) is 0 Å². The van der Waals surface area contributed by atoms with Crippen LogP contribution < -0.4 is 5.32 Å². The third-order valence-corrected chi connectivity index (χ3v) is 4.50. The lowest BCUT2D eigenvalue weighted by molar-refractivity contribution is -0.169. The lowest BCUT2D eigenvalue weighted by atomic mass is 9.84. The Kier molecular flexibility index (Phi) is 5.99. The summed E-state index contributed by atoms with van der Waals surface area (Å²) in [6.45, 7) is 5.27. The summed E-state index contributed by atoms with van der Waals surface area (Å²) in [6.07, 6.45) is 4.27. The van der Waals surface area contributed by atoms with Crippen LogP contribution in [0.2, 0.25) is 0 Å². The second-order valence-electron chi connectivity index (χ2n) is 5.78. The Morgan fingerprint density at radius 3 is 2.52 bits per heavy atom. The zero-order valence-electron chi connectivity index (χ0n) is 13.1. The van der Waals surface area contributed by atoms with Gasteiger partial charge in [0.2, 0.25) is 5.91 Å². The Morgan fingerprint density at radius 1 is 1.24 bits per heavy atom. The average molecular weight is 297 g/mol. The fourth-order valence-electron chi connectivity index (χ4n) is 3.41. The van der Waals surface area contributed by atoms with Gasteiger partial charge in [-0.25, -0.2) is 5.01 Å². The number of rotatable bonds is 4. The molecule has 1 amide bonds. The number of methoxy groups -OCH3 is 1. The highest BCUT2D eigenvalue weighted by atomic mass is 16.5. The average Bonchev–Trinajstić information content (AvgIpc) is 2.55. The van der Waals surface area contributed by atoms with E-state index in [4.69, 9.17) is 4.74 Å². The van der Waals surface area contributed by atoms with Gasteiger partial charge in [-0.3, -0.25) is 14.6 Å². The van der Waals surface area contributed by atoms with Crippen molar-refractivity contribution in [3.63, 3.8) is 0 Å². The Balaban J connectivity index is 2.20. The van der Waals surface area contributed by atoms with Gasteiger partial charge in [-0.15, -0.1) is 0 Å². The Hall–Kier alpha value is -1.14. The second-order valence-corrected chi connectivity index (χ2v) is 5.78. The lowest BCUT2D eigenvalue weighted by Crippen LogP contribution is -2.60. The molecule has 0 aromatic carbocycles. The molecule has 1 saturated heterocycles. The van der Waals surface area contributed by atoms with E-state index in [1.54, 1.807) is 0 Å². The van der Waals surface area contributed by atoms with Crippen LogP contribution in [-0.2, 0) is 14.3 Å². The molecule has 2 fully saturated rings. The zero-order chi connectivity index (χ0) is 15.2. The minimum Gasteiger partial charge on any atom is -0.469 e. The van der Waals surface area contributed by atoms with E-state index in [1.165, 1.54) is 7.11 Å². The normalized spacial score (nSPS) is 27.1. The summed E-state index contributed by atoms with van der Waals surface area (Å²) in [6, 6.07) is -0.0447. The Bertz CT molecular complexity index is 369. The highest BCUT2D eigenvalue weighted by Gasteiger charge is 2.40. The van der Waals surface area contributed by atoms with Gasteiger partial charge in [0.25, 0.3) is 0 Å². The number of carbonyl (C=O) groups excluding carboxylic acids is 2. The number of hydrogen-bond acceptors (Lipinski definition) is 5. The van der Waals surface area contributed by atoms with E-state index in [-0.39, 0.29) is 23.8 Å². The largest absolute Gasteiger partial charge is 0.469 e. The van der Waals surface area contributed by atoms with Gasteiger partial charge >= 0.3 is 5.97 Å². The molecule has 2 aliphatic rings. The number of nitrogens with zero attached hydrogens (tertiary/aromatic N) is 2. The molecule has 1 heterocycles. The molecule has 21 heavy (non-hydrogen) atoms. The van der Waals surface area contributed by atoms with Gasteiger partial charge < -0.3 is 10.1 Å². The van der Waals surface area contributed by atoms with Crippen LogP contribution in [0.5, 0.6) is 0 Å². The van der Waals surface area contributed by atoms with Crippen LogP contribution in [0.1, 0.15) is 39.0 Å². The van der Waals surface area contributed by atoms with E-state index in [9.17, 15) is 9.59 Å². The number of amides is 1. The van der Waals surface area contributed by atoms with Crippen molar-refractivity contribution in [3.05, 3.63) is 0 Å². The molecule has 2 rings (SSSR count). The van der Waals surface area contributed by atoms with Crippen LogP contribution in [0.15, 0.2) is 0 Å². The van der Waals surface area contributed by atoms with Crippen molar-refractivity contribution in [2.24, 2.45) is 5.92 Å². The first kappa shape index (κ1) is 16.2. The van der Waals surface area contributed by atoms with Crippen LogP contribution >= 0.6 is 0 Å². The van der Waals surface area contributed by atoms with Crippen molar-refractivity contribution in [1.29, 1.82) is 0 Å². The van der Waals surface area contributed by atoms with Crippen molar-refractivity contribution in [2.45, 2.75) is 45.1 Å². The fourth-order valence-corrected chi connectivity index (χ4v) is 3.41. The fraction of sp³-hybridized carbons (Fsp3) is 0.867.